The van der Waals surface area contributed by atoms with Crippen LogP contribution >= 0.6 is 0 Å². The number of carbonyl (C=O) groups excluding carboxylic acids is 4. The number of nitrogens with one attached hydrogen (secondary N) is 2. The average Bonchev–Trinajstić information content (AvgIpc) is 3.41. The minimum absolute atomic E-state index is 0.0676. The van der Waals surface area contributed by atoms with E-state index in [2.05, 4.69) is 10.6 Å². The topological polar surface area (TPSA) is 174 Å². The van der Waals surface area contributed by atoms with Crippen LogP contribution in [0.5, 0.6) is 5.75 Å². The number of hydrogen-bond donors (Lipinski definition) is 3. The Morgan fingerprint density at radius 1 is 1.20 bits per heavy atom. The molecule has 5 rings (SSSR count). The van der Waals surface area contributed by atoms with E-state index in [1.165, 1.54) is 19.2 Å². The van der Waals surface area contributed by atoms with E-state index in [4.69, 9.17) is 10.5 Å². The number of nitrogens with zero attached hydrogens (tertiary/aromatic N) is 2. The number of primary amides is 1. The minimum atomic E-state index is -1.56. The minimum Gasteiger partial charge on any atom is -0.495 e. The van der Waals surface area contributed by atoms with Crippen LogP contribution < -0.4 is 26.0 Å². The van der Waals surface area contributed by atoms with Gasteiger partial charge in [0, 0.05) is 35.8 Å². The molecule has 2 aromatic carbocycles. The maximum atomic E-state index is 13.9. The summed E-state index contributed by atoms with van der Waals surface area (Å²) in [5.74, 6) is -4.50. The highest BCUT2D eigenvalue weighted by molar-refractivity contribution is 6.26. The fourth-order valence-corrected chi connectivity index (χ4v) is 5.51. The van der Waals surface area contributed by atoms with Crippen LogP contribution in [0.25, 0.3) is 0 Å². The van der Waals surface area contributed by atoms with Gasteiger partial charge in [0.25, 0.3) is 5.69 Å². The van der Waals surface area contributed by atoms with Gasteiger partial charge in [0.15, 0.2) is 0 Å². The summed E-state index contributed by atoms with van der Waals surface area (Å²) in [7, 11) is 1.32. The number of benzene rings is 2. The zero-order chi connectivity index (χ0) is 25.1. The highest BCUT2D eigenvalue weighted by Gasteiger charge is 2.70. The second kappa shape index (κ2) is 7.87. The zero-order valence-corrected chi connectivity index (χ0v) is 18.5. The Morgan fingerprint density at radius 3 is 2.63 bits per heavy atom. The molecular formula is C23H21N5O7. The third-order valence-electron chi connectivity index (χ3n) is 6.94. The number of hydrogen-bond acceptors (Lipinski definition) is 8. The molecule has 3 aliphatic heterocycles. The molecule has 0 bridgehead atoms. The summed E-state index contributed by atoms with van der Waals surface area (Å²) in [6, 6.07) is 9.71. The predicted octanol–water partition coefficient (Wildman–Crippen LogP) is 0.794. The van der Waals surface area contributed by atoms with Crippen LogP contribution in [0.3, 0.4) is 0 Å². The Hall–Kier alpha value is -4.32. The van der Waals surface area contributed by atoms with Gasteiger partial charge in [0.1, 0.15) is 17.0 Å². The van der Waals surface area contributed by atoms with E-state index in [1.54, 1.807) is 24.3 Å². The molecule has 1 spiro atoms. The molecule has 2 saturated heterocycles. The van der Waals surface area contributed by atoms with E-state index in [-0.39, 0.29) is 30.0 Å². The van der Waals surface area contributed by atoms with Gasteiger partial charge in [-0.15, -0.1) is 0 Å². The molecule has 4 amide bonds. The zero-order valence-electron chi connectivity index (χ0n) is 18.5. The van der Waals surface area contributed by atoms with E-state index in [1.807, 2.05) is 0 Å². The van der Waals surface area contributed by atoms with Crippen molar-refractivity contribution >= 4 is 40.7 Å². The second-order valence-electron chi connectivity index (χ2n) is 8.69. The first-order valence-electron chi connectivity index (χ1n) is 10.9. The summed E-state index contributed by atoms with van der Waals surface area (Å²) in [6.45, 7) is 0. The van der Waals surface area contributed by atoms with Crippen LogP contribution in [0, 0.1) is 22.0 Å². The van der Waals surface area contributed by atoms with Gasteiger partial charge in [-0.2, -0.15) is 0 Å². The monoisotopic (exact) mass is 479 g/mol. The number of rotatable bonds is 6. The number of amides is 4. The maximum Gasteiger partial charge on any atom is 0.271 e. The molecule has 4 atom stereocenters. The quantitative estimate of drug-likeness (QED) is 0.310. The number of para-hydroxylation sites is 1. The molecule has 3 heterocycles. The lowest BCUT2D eigenvalue weighted by Gasteiger charge is -2.29. The molecule has 0 aliphatic carbocycles. The van der Waals surface area contributed by atoms with Crippen LogP contribution in [0.2, 0.25) is 0 Å². The fourth-order valence-electron chi connectivity index (χ4n) is 5.51. The Balaban J connectivity index is 1.67. The maximum absolute atomic E-state index is 13.9. The Bertz CT molecular complexity index is 1310. The van der Waals surface area contributed by atoms with Crippen LogP contribution in [-0.4, -0.2) is 41.7 Å². The number of non-ortho nitro benzene ring substituents is 1. The number of carbonyl (C=O) groups is 4. The molecule has 12 heteroatoms. The lowest BCUT2D eigenvalue weighted by molar-refractivity contribution is -0.384. The van der Waals surface area contributed by atoms with E-state index >= 15 is 0 Å². The molecule has 2 aromatic rings. The number of anilines is 2. The summed E-state index contributed by atoms with van der Waals surface area (Å²) in [5, 5.41) is 17.4. The third-order valence-corrected chi connectivity index (χ3v) is 6.94. The number of nitro benzene ring substituents is 1. The van der Waals surface area contributed by atoms with Crippen LogP contribution in [0.1, 0.15) is 18.4 Å². The second-order valence-corrected chi connectivity index (χ2v) is 8.69. The van der Waals surface area contributed by atoms with Gasteiger partial charge in [0.2, 0.25) is 23.6 Å². The van der Waals surface area contributed by atoms with Gasteiger partial charge in [-0.1, -0.05) is 18.2 Å². The first-order valence-corrected chi connectivity index (χ1v) is 10.9. The predicted molar refractivity (Wildman–Crippen MR) is 121 cm³/mol. The molecule has 0 unspecified atom stereocenters. The average molecular weight is 479 g/mol. The molecule has 2 fully saturated rings. The molecule has 12 nitrogen and oxygen atoms in total. The third kappa shape index (κ3) is 3.10. The summed E-state index contributed by atoms with van der Waals surface area (Å²) in [4.78, 5) is 64.2. The summed E-state index contributed by atoms with van der Waals surface area (Å²) in [5.41, 5.74) is 4.38. The normalized spacial score (nSPS) is 26.6. The van der Waals surface area contributed by atoms with E-state index < -0.39 is 52.0 Å². The van der Waals surface area contributed by atoms with Crippen molar-refractivity contribution in [3.8, 4) is 5.75 Å². The number of nitro groups is 1. The summed E-state index contributed by atoms with van der Waals surface area (Å²) in [6.07, 6.45) is 0.0501. The van der Waals surface area contributed by atoms with E-state index in [0.29, 0.717) is 11.3 Å². The van der Waals surface area contributed by atoms with Crippen LogP contribution in [0.4, 0.5) is 17.1 Å². The van der Waals surface area contributed by atoms with Gasteiger partial charge < -0.3 is 15.8 Å². The highest BCUT2D eigenvalue weighted by atomic mass is 16.6. The number of fused-ring (bicyclic) bond motifs is 4. The fraction of sp³-hybridized carbons (Fsp3) is 0.304. The molecule has 180 valence electrons. The molecule has 0 saturated carbocycles. The smallest absolute Gasteiger partial charge is 0.271 e. The molecule has 35 heavy (non-hydrogen) atoms. The van der Waals surface area contributed by atoms with Crippen molar-refractivity contribution in [1.29, 1.82) is 0 Å². The Morgan fingerprint density at radius 2 is 1.94 bits per heavy atom. The van der Waals surface area contributed by atoms with Crippen molar-refractivity contribution in [1.82, 2.24) is 5.32 Å². The lowest BCUT2D eigenvalue weighted by atomic mass is 9.76. The molecular weight excluding hydrogens is 458 g/mol. The van der Waals surface area contributed by atoms with Crippen LogP contribution in [-0.2, 0) is 24.7 Å². The lowest BCUT2D eigenvalue weighted by Crippen LogP contribution is -2.53. The van der Waals surface area contributed by atoms with Crippen molar-refractivity contribution in [3.63, 3.8) is 0 Å². The Kier molecular flexibility index (Phi) is 5.06. The number of ether oxygens (including phenoxy) is 1. The van der Waals surface area contributed by atoms with Crippen molar-refractivity contribution in [2.24, 2.45) is 17.6 Å². The van der Waals surface area contributed by atoms with Gasteiger partial charge in [-0.05, 0) is 18.6 Å². The van der Waals surface area contributed by atoms with Crippen LogP contribution in [0.15, 0.2) is 42.5 Å². The summed E-state index contributed by atoms with van der Waals surface area (Å²) >= 11 is 0. The molecule has 0 aromatic heterocycles. The van der Waals surface area contributed by atoms with E-state index in [0.717, 1.165) is 11.0 Å². The van der Waals surface area contributed by atoms with E-state index in [9.17, 15) is 29.3 Å². The molecule has 0 radical (unpaired) electrons. The van der Waals surface area contributed by atoms with Gasteiger partial charge >= 0.3 is 0 Å². The number of methoxy groups -OCH3 is 1. The molecule has 3 aliphatic rings. The first-order chi connectivity index (χ1) is 16.7. The number of imide groups is 1. The Labute approximate surface area is 198 Å². The van der Waals surface area contributed by atoms with Gasteiger partial charge in [-0.3, -0.25) is 34.6 Å². The highest BCUT2D eigenvalue weighted by Crippen LogP contribution is 2.54. The number of nitrogens with two attached hydrogens (primary N) is 1. The largest absolute Gasteiger partial charge is 0.495 e. The SMILES string of the molecule is COc1ccc([N+](=O)[O-])cc1N1C(=O)[C@@H]2[C@H](CCC(N)=O)N[C@@]3(C(=O)Nc4ccccc43)[C@@H]2C1=O. The van der Waals surface area contributed by atoms with Gasteiger partial charge in [-0.25, -0.2) is 4.90 Å². The van der Waals surface area contributed by atoms with Crippen molar-refractivity contribution in [2.45, 2.75) is 24.4 Å². The summed E-state index contributed by atoms with van der Waals surface area (Å²) < 4.78 is 5.29. The standard InChI is InChI=1S/C23H21N5O7/c1-35-16-8-6-11(28(33)34)10-15(16)27-20(30)18-14(7-9-17(24)29)26-23(19(18)21(27)31)12-4-2-3-5-13(12)25-22(23)32/h2-6,8,10,14,18-19,26H,7,9H2,1H3,(H2,24,29)(H,25,32)/t14-,18+,19-,23+/m0/s1. The van der Waals surface area contributed by atoms with Crippen molar-refractivity contribution in [2.75, 3.05) is 17.3 Å². The van der Waals surface area contributed by atoms with Crippen molar-refractivity contribution < 1.29 is 28.8 Å². The van der Waals surface area contributed by atoms with Crippen molar-refractivity contribution in [3.05, 3.63) is 58.1 Å². The molecule has 4 N–H and O–H groups in total. The first kappa shape index (κ1) is 22.5. The van der Waals surface area contributed by atoms with Gasteiger partial charge in [0.05, 0.1) is 23.9 Å².